The van der Waals surface area contributed by atoms with Crippen molar-refractivity contribution in [2.24, 2.45) is 0 Å². The predicted octanol–water partition coefficient (Wildman–Crippen LogP) is 5.64. The average molecular weight is 539 g/mol. The van der Waals surface area contributed by atoms with Gasteiger partial charge in [0.1, 0.15) is 10.8 Å². The van der Waals surface area contributed by atoms with Gasteiger partial charge in [-0.1, -0.05) is 46.9 Å². The summed E-state index contributed by atoms with van der Waals surface area (Å²) in [6.45, 7) is 6.27. The molecule has 7 nitrogen and oxygen atoms in total. The van der Waals surface area contributed by atoms with Crippen LogP contribution in [0.15, 0.2) is 30.5 Å². The zero-order chi connectivity index (χ0) is 24.9. The van der Waals surface area contributed by atoms with Crippen LogP contribution < -0.4 is 5.32 Å². The van der Waals surface area contributed by atoms with E-state index in [4.69, 9.17) is 44.9 Å². The molecule has 0 aliphatic carbocycles. The molecule has 2 aromatic rings. The number of hydrogen-bond acceptors (Lipinski definition) is 6. The van der Waals surface area contributed by atoms with E-state index >= 15 is 0 Å². The molecule has 2 unspecified atom stereocenters. The van der Waals surface area contributed by atoms with E-state index in [0.29, 0.717) is 39.3 Å². The van der Waals surface area contributed by atoms with Gasteiger partial charge in [-0.3, -0.25) is 9.69 Å². The Labute approximate surface area is 221 Å². The van der Waals surface area contributed by atoms with Crippen LogP contribution >= 0.6 is 34.8 Å². The number of nitrogens with one attached hydrogen (secondary N) is 1. The average Bonchev–Trinajstić information content (AvgIpc) is 2.84. The molecule has 0 bridgehead atoms. The molecule has 1 aromatic carbocycles. The van der Waals surface area contributed by atoms with Gasteiger partial charge in [-0.05, 0) is 56.0 Å². The number of anilines is 1. The minimum absolute atomic E-state index is 0.119. The Morgan fingerprint density at radius 3 is 2.80 bits per heavy atom. The number of carboxylic acids is 1. The number of carbonyl (C=O) groups is 1. The van der Waals surface area contributed by atoms with Gasteiger partial charge in [-0.2, -0.15) is 0 Å². The van der Waals surface area contributed by atoms with Crippen molar-refractivity contribution in [3.63, 3.8) is 0 Å². The first-order chi connectivity index (χ1) is 16.8. The molecule has 1 saturated heterocycles. The molecule has 2 N–H and O–H groups in total. The second-order valence-electron chi connectivity index (χ2n) is 9.14. The lowest BCUT2D eigenvalue weighted by Gasteiger charge is -2.40. The standard InChI is InChI=1S/C25H30Cl3N5O2/c1-16(20-5-4-18(26)13-21(20)27)30-25-22(28)14-29-24(31-25)17-6-11-33(12-7-17)19-3-2-9-32(15-19)10-8-23(34)35/h4-6,13-14,16,19H,2-3,7-12,15H2,1H3,(H,34,35)(H,29,30,31). The minimum atomic E-state index is -0.736. The molecule has 3 heterocycles. The molecule has 0 amide bonds. The monoisotopic (exact) mass is 537 g/mol. The molecule has 0 spiro atoms. The van der Waals surface area contributed by atoms with Crippen LogP contribution in [0.2, 0.25) is 15.1 Å². The first kappa shape index (κ1) is 26.2. The SMILES string of the molecule is CC(Nc1nc(C2=CCN(C3CCCN(CCC(=O)O)C3)CC2)ncc1Cl)c1ccc(Cl)cc1Cl. The van der Waals surface area contributed by atoms with Crippen LogP contribution in [-0.2, 0) is 4.79 Å². The van der Waals surface area contributed by atoms with Crippen molar-refractivity contribution >= 4 is 52.2 Å². The number of nitrogens with zero attached hydrogens (tertiary/aromatic N) is 4. The lowest BCUT2D eigenvalue weighted by atomic mass is 10.00. The third-order valence-corrected chi connectivity index (χ3v) is 7.53. The fourth-order valence-corrected chi connectivity index (χ4v) is 5.48. The van der Waals surface area contributed by atoms with Gasteiger partial charge in [0, 0.05) is 42.3 Å². The molecule has 0 saturated carbocycles. The molecule has 2 aliphatic heterocycles. The fourth-order valence-electron chi connectivity index (χ4n) is 4.76. The number of aliphatic carboxylic acids is 1. The third-order valence-electron chi connectivity index (χ3n) is 6.69. The molecule has 35 heavy (non-hydrogen) atoms. The predicted molar refractivity (Wildman–Crippen MR) is 141 cm³/mol. The summed E-state index contributed by atoms with van der Waals surface area (Å²) in [5, 5.41) is 14.0. The summed E-state index contributed by atoms with van der Waals surface area (Å²) >= 11 is 18.8. The summed E-state index contributed by atoms with van der Waals surface area (Å²) in [7, 11) is 0. The van der Waals surface area contributed by atoms with E-state index in [1.54, 1.807) is 12.3 Å². The zero-order valence-corrected chi connectivity index (χ0v) is 22.0. The number of likely N-dealkylation sites (tertiary alicyclic amines) is 1. The molecule has 2 aliphatic rings. The van der Waals surface area contributed by atoms with E-state index in [0.717, 1.165) is 56.6 Å². The number of carboxylic acid groups (broad SMARTS) is 1. The summed E-state index contributed by atoms with van der Waals surface area (Å²) in [6, 6.07) is 5.75. The quantitative estimate of drug-likeness (QED) is 0.450. The van der Waals surface area contributed by atoms with Crippen molar-refractivity contribution in [2.45, 2.75) is 44.7 Å². The maximum Gasteiger partial charge on any atom is 0.304 e. The number of rotatable bonds is 8. The van der Waals surface area contributed by atoms with Crippen molar-refractivity contribution in [1.82, 2.24) is 19.8 Å². The summed E-state index contributed by atoms with van der Waals surface area (Å²) < 4.78 is 0. The number of benzene rings is 1. The molecule has 188 valence electrons. The maximum atomic E-state index is 10.9. The minimum Gasteiger partial charge on any atom is -0.481 e. The van der Waals surface area contributed by atoms with Gasteiger partial charge in [0.2, 0.25) is 0 Å². The van der Waals surface area contributed by atoms with Gasteiger partial charge < -0.3 is 15.3 Å². The highest BCUT2D eigenvalue weighted by Gasteiger charge is 2.27. The van der Waals surface area contributed by atoms with Crippen LogP contribution in [0.1, 0.15) is 50.0 Å². The van der Waals surface area contributed by atoms with Gasteiger partial charge in [0.15, 0.2) is 5.82 Å². The van der Waals surface area contributed by atoms with Crippen LogP contribution in [0.5, 0.6) is 0 Å². The second kappa shape index (κ2) is 11.9. The second-order valence-corrected chi connectivity index (χ2v) is 10.4. The van der Waals surface area contributed by atoms with Crippen molar-refractivity contribution in [2.75, 3.05) is 38.0 Å². The van der Waals surface area contributed by atoms with Gasteiger partial charge in [0.05, 0.1) is 18.7 Å². The Morgan fingerprint density at radius 2 is 2.09 bits per heavy atom. The van der Waals surface area contributed by atoms with Crippen molar-refractivity contribution < 1.29 is 9.90 Å². The number of aromatic nitrogens is 2. The number of hydrogen-bond donors (Lipinski definition) is 2. The molecule has 2 atom stereocenters. The van der Waals surface area contributed by atoms with Gasteiger partial charge in [-0.25, -0.2) is 9.97 Å². The van der Waals surface area contributed by atoms with Crippen molar-refractivity contribution in [1.29, 1.82) is 0 Å². The lowest BCUT2D eigenvalue weighted by Crippen LogP contribution is -2.49. The third kappa shape index (κ3) is 6.86. The van der Waals surface area contributed by atoms with Crippen LogP contribution in [-0.4, -0.2) is 69.6 Å². The lowest BCUT2D eigenvalue weighted by molar-refractivity contribution is -0.137. The van der Waals surface area contributed by atoms with E-state index < -0.39 is 5.97 Å². The molecular formula is C25H30Cl3N5O2. The van der Waals surface area contributed by atoms with Crippen LogP contribution in [0.3, 0.4) is 0 Å². The van der Waals surface area contributed by atoms with E-state index in [-0.39, 0.29) is 12.5 Å². The molecule has 0 radical (unpaired) electrons. The van der Waals surface area contributed by atoms with Gasteiger partial charge in [0.25, 0.3) is 0 Å². The Morgan fingerprint density at radius 1 is 1.26 bits per heavy atom. The van der Waals surface area contributed by atoms with Crippen LogP contribution in [0.25, 0.3) is 5.57 Å². The Hall–Kier alpha value is -1.90. The Kier molecular flexibility index (Phi) is 8.89. The van der Waals surface area contributed by atoms with E-state index in [2.05, 4.69) is 26.2 Å². The van der Waals surface area contributed by atoms with E-state index in [9.17, 15) is 4.79 Å². The first-order valence-electron chi connectivity index (χ1n) is 11.9. The zero-order valence-electron chi connectivity index (χ0n) is 19.7. The maximum absolute atomic E-state index is 10.9. The van der Waals surface area contributed by atoms with Gasteiger partial charge >= 0.3 is 5.97 Å². The highest BCUT2D eigenvalue weighted by atomic mass is 35.5. The smallest absolute Gasteiger partial charge is 0.304 e. The summed E-state index contributed by atoms with van der Waals surface area (Å²) in [5.74, 6) is 0.512. The highest BCUT2D eigenvalue weighted by molar-refractivity contribution is 6.35. The van der Waals surface area contributed by atoms with E-state index in [1.165, 1.54) is 0 Å². The summed E-state index contributed by atoms with van der Waals surface area (Å²) in [6.07, 6.45) is 7.13. The van der Waals surface area contributed by atoms with E-state index in [1.807, 2.05) is 19.1 Å². The summed E-state index contributed by atoms with van der Waals surface area (Å²) in [5.41, 5.74) is 2.02. The molecular weight excluding hydrogens is 509 g/mol. The Bertz CT molecular complexity index is 1100. The molecule has 4 rings (SSSR count). The van der Waals surface area contributed by atoms with Crippen molar-refractivity contribution in [3.05, 3.63) is 56.9 Å². The van der Waals surface area contributed by atoms with Crippen LogP contribution in [0, 0.1) is 0 Å². The first-order valence-corrected chi connectivity index (χ1v) is 13.0. The normalized spacial score (nSPS) is 20.3. The van der Waals surface area contributed by atoms with Crippen LogP contribution in [0.4, 0.5) is 5.82 Å². The highest BCUT2D eigenvalue weighted by Crippen LogP contribution is 2.31. The fraction of sp³-hybridized carbons (Fsp3) is 0.480. The molecule has 1 aromatic heterocycles. The Balaban J connectivity index is 1.40. The van der Waals surface area contributed by atoms with Crippen molar-refractivity contribution in [3.8, 4) is 0 Å². The number of halogens is 3. The topological polar surface area (TPSA) is 81.6 Å². The molecule has 10 heteroatoms. The van der Waals surface area contributed by atoms with Gasteiger partial charge in [-0.15, -0.1) is 0 Å². The molecule has 1 fully saturated rings. The summed E-state index contributed by atoms with van der Waals surface area (Å²) in [4.78, 5) is 24.9. The largest absolute Gasteiger partial charge is 0.481 e. The number of piperidine rings is 1.